The summed E-state index contributed by atoms with van der Waals surface area (Å²) in [6.45, 7) is 9.90. The largest absolute Gasteiger partial charge is 0.418 e. The monoisotopic (exact) mass is 199 g/mol. The fourth-order valence-corrected chi connectivity index (χ4v) is 1.28. The van der Waals surface area contributed by atoms with Gasteiger partial charge < -0.3 is 9.64 Å². The zero-order valence-corrected chi connectivity index (χ0v) is 9.78. The summed E-state index contributed by atoms with van der Waals surface area (Å²) in [5, 5.41) is 0. The van der Waals surface area contributed by atoms with Crippen LogP contribution in [0, 0.1) is 0 Å². The maximum Gasteiger partial charge on any atom is 0.415 e. The summed E-state index contributed by atoms with van der Waals surface area (Å²) in [6.07, 6.45) is 3.87. The molecule has 0 spiro atoms. The second-order valence-corrected chi connectivity index (χ2v) is 3.76. The minimum absolute atomic E-state index is 0.164. The van der Waals surface area contributed by atoms with Gasteiger partial charge in [-0.2, -0.15) is 0 Å². The lowest BCUT2D eigenvalue weighted by Crippen LogP contribution is -2.41. The quantitative estimate of drug-likeness (QED) is 0.651. The van der Waals surface area contributed by atoms with E-state index in [4.69, 9.17) is 4.74 Å². The predicted octanol–water partition coefficient (Wildman–Crippen LogP) is 3.17. The number of carbonyl (C=O) groups is 1. The van der Waals surface area contributed by atoms with Gasteiger partial charge in [0.2, 0.25) is 0 Å². The van der Waals surface area contributed by atoms with Crippen LogP contribution in [-0.2, 0) is 4.74 Å². The third-order valence-corrected chi connectivity index (χ3v) is 1.82. The second-order valence-electron chi connectivity index (χ2n) is 3.76. The minimum atomic E-state index is -0.278. The molecule has 0 aliphatic carbocycles. The molecule has 0 saturated heterocycles. The SMILES string of the molecule is CC/C=C/OC(=O)N(C(C)C)C(C)C. The lowest BCUT2D eigenvalue weighted by molar-refractivity contribution is 0.109. The fourth-order valence-electron chi connectivity index (χ4n) is 1.28. The molecule has 0 saturated carbocycles. The van der Waals surface area contributed by atoms with Gasteiger partial charge in [-0.3, -0.25) is 0 Å². The number of nitrogens with zero attached hydrogens (tertiary/aromatic N) is 1. The van der Waals surface area contributed by atoms with Crippen LogP contribution in [0.4, 0.5) is 4.79 Å². The molecule has 0 unspecified atom stereocenters. The Morgan fingerprint density at radius 1 is 1.29 bits per heavy atom. The second kappa shape index (κ2) is 6.46. The van der Waals surface area contributed by atoms with Crippen LogP contribution in [0.15, 0.2) is 12.3 Å². The number of hydrogen-bond donors (Lipinski definition) is 0. The molecule has 0 aromatic carbocycles. The van der Waals surface area contributed by atoms with Crippen molar-refractivity contribution in [2.45, 2.75) is 53.1 Å². The molecule has 0 bridgehead atoms. The molecule has 1 amide bonds. The number of carbonyl (C=O) groups excluding carboxylic acids is 1. The molecule has 0 N–H and O–H groups in total. The van der Waals surface area contributed by atoms with Crippen LogP contribution in [0.3, 0.4) is 0 Å². The van der Waals surface area contributed by atoms with Crippen molar-refractivity contribution in [1.82, 2.24) is 4.90 Å². The molecule has 0 aromatic heterocycles. The van der Waals surface area contributed by atoms with E-state index in [1.165, 1.54) is 6.26 Å². The molecule has 14 heavy (non-hydrogen) atoms. The van der Waals surface area contributed by atoms with Crippen molar-refractivity contribution >= 4 is 6.09 Å². The Hall–Kier alpha value is -0.990. The first-order chi connectivity index (χ1) is 6.50. The molecule has 0 atom stereocenters. The van der Waals surface area contributed by atoms with Gasteiger partial charge in [0, 0.05) is 12.1 Å². The molecule has 0 rings (SSSR count). The van der Waals surface area contributed by atoms with Crippen molar-refractivity contribution < 1.29 is 9.53 Å². The normalized spacial score (nSPS) is 11.4. The highest BCUT2D eigenvalue weighted by atomic mass is 16.5. The average molecular weight is 199 g/mol. The average Bonchev–Trinajstić information content (AvgIpc) is 2.03. The van der Waals surface area contributed by atoms with E-state index in [0.29, 0.717) is 0 Å². The fraction of sp³-hybridized carbons (Fsp3) is 0.727. The summed E-state index contributed by atoms with van der Waals surface area (Å²) in [5.74, 6) is 0. The van der Waals surface area contributed by atoms with Gasteiger partial charge in [0.05, 0.1) is 6.26 Å². The lowest BCUT2D eigenvalue weighted by Gasteiger charge is -2.28. The third kappa shape index (κ3) is 4.30. The van der Waals surface area contributed by atoms with Crippen LogP contribution in [0.2, 0.25) is 0 Å². The number of rotatable bonds is 4. The van der Waals surface area contributed by atoms with E-state index in [-0.39, 0.29) is 18.2 Å². The van der Waals surface area contributed by atoms with Crippen LogP contribution in [-0.4, -0.2) is 23.1 Å². The molecular formula is C11H21NO2. The molecule has 3 heteroatoms. The first kappa shape index (κ1) is 13.0. The Labute approximate surface area is 86.7 Å². The Kier molecular flexibility index (Phi) is 6.00. The predicted molar refractivity (Wildman–Crippen MR) is 58.0 cm³/mol. The summed E-state index contributed by atoms with van der Waals surface area (Å²) in [4.78, 5) is 13.3. The summed E-state index contributed by atoms with van der Waals surface area (Å²) in [5.41, 5.74) is 0. The number of amides is 1. The Morgan fingerprint density at radius 3 is 2.14 bits per heavy atom. The molecule has 0 aromatic rings. The summed E-state index contributed by atoms with van der Waals surface area (Å²) in [6, 6.07) is 0.329. The van der Waals surface area contributed by atoms with E-state index < -0.39 is 0 Å². The number of ether oxygens (including phenoxy) is 1. The zero-order valence-electron chi connectivity index (χ0n) is 9.78. The van der Waals surface area contributed by atoms with Gasteiger partial charge in [-0.05, 0) is 40.2 Å². The van der Waals surface area contributed by atoms with Crippen LogP contribution in [0.1, 0.15) is 41.0 Å². The molecule has 82 valence electrons. The molecule has 0 aliphatic rings. The summed E-state index contributed by atoms with van der Waals surface area (Å²) >= 11 is 0. The van der Waals surface area contributed by atoms with Crippen LogP contribution in [0.25, 0.3) is 0 Å². The molecule has 0 heterocycles. The highest BCUT2D eigenvalue weighted by Gasteiger charge is 2.20. The van der Waals surface area contributed by atoms with E-state index in [1.54, 1.807) is 4.90 Å². The van der Waals surface area contributed by atoms with Crippen LogP contribution in [0.5, 0.6) is 0 Å². The molecule has 3 nitrogen and oxygen atoms in total. The van der Waals surface area contributed by atoms with E-state index >= 15 is 0 Å². The number of hydrogen-bond acceptors (Lipinski definition) is 2. The standard InChI is InChI=1S/C11H21NO2/c1-6-7-8-14-11(13)12(9(2)3)10(4)5/h7-10H,6H2,1-5H3/b8-7+. The molecule has 0 radical (unpaired) electrons. The van der Waals surface area contributed by atoms with Gasteiger partial charge in [0.15, 0.2) is 0 Å². The number of allylic oxidation sites excluding steroid dienone is 1. The highest BCUT2D eigenvalue weighted by molar-refractivity contribution is 5.68. The van der Waals surface area contributed by atoms with Crippen molar-refractivity contribution in [3.05, 3.63) is 12.3 Å². The van der Waals surface area contributed by atoms with Gasteiger partial charge in [-0.15, -0.1) is 0 Å². The van der Waals surface area contributed by atoms with Gasteiger partial charge in [-0.25, -0.2) is 4.79 Å². The topological polar surface area (TPSA) is 29.5 Å². The first-order valence-corrected chi connectivity index (χ1v) is 5.14. The van der Waals surface area contributed by atoms with Crippen molar-refractivity contribution in [2.75, 3.05) is 0 Å². The maximum atomic E-state index is 11.6. The molecule has 0 aliphatic heterocycles. The van der Waals surface area contributed by atoms with Crippen molar-refractivity contribution in [2.24, 2.45) is 0 Å². The van der Waals surface area contributed by atoms with E-state index in [1.807, 2.05) is 40.7 Å². The maximum absolute atomic E-state index is 11.6. The van der Waals surface area contributed by atoms with Crippen LogP contribution < -0.4 is 0 Å². The summed E-state index contributed by atoms with van der Waals surface area (Å²) < 4.78 is 4.97. The van der Waals surface area contributed by atoms with Crippen molar-refractivity contribution in [3.63, 3.8) is 0 Å². The van der Waals surface area contributed by atoms with Crippen molar-refractivity contribution in [3.8, 4) is 0 Å². The molecule has 0 fully saturated rings. The Bertz CT molecular complexity index is 189. The summed E-state index contributed by atoms with van der Waals surface area (Å²) in [7, 11) is 0. The minimum Gasteiger partial charge on any atom is -0.418 e. The zero-order chi connectivity index (χ0) is 11.1. The highest BCUT2D eigenvalue weighted by Crippen LogP contribution is 2.07. The third-order valence-electron chi connectivity index (χ3n) is 1.82. The van der Waals surface area contributed by atoms with Gasteiger partial charge in [0.1, 0.15) is 0 Å². The smallest absolute Gasteiger partial charge is 0.415 e. The lowest BCUT2D eigenvalue weighted by atomic mass is 10.2. The van der Waals surface area contributed by atoms with Crippen LogP contribution >= 0.6 is 0 Å². The first-order valence-electron chi connectivity index (χ1n) is 5.14. The Morgan fingerprint density at radius 2 is 1.79 bits per heavy atom. The molecular weight excluding hydrogens is 178 g/mol. The van der Waals surface area contributed by atoms with E-state index in [0.717, 1.165) is 6.42 Å². The van der Waals surface area contributed by atoms with Gasteiger partial charge in [-0.1, -0.05) is 6.92 Å². The van der Waals surface area contributed by atoms with E-state index in [2.05, 4.69) is 0 Å². The van der Waals surface area contributed by atoms with Gasteiger partial charge in [0.25, 0.3) is 0 Å². The van der Waals surface area contributed by atoms with Gasteiger partial charge >= 0.3 is 6.09 Å². The van der Waals surface area contributed by atoms with E-state index in [9.17, 15) is 4.79 Å². The van der Waals surface area contributed by atoms with Crippen molar-refractivity contribution in [1.29, 1.82) is 0 Å². The Balaban J connectivity index is 4.23.